The van der Waals surface area contributed by atoms with E-state index in [0.717, 1.165) is 12.7 Å². The molecule has 2 aliphatic carbocycles. The molecule has 2 fully saturated rings. The van der Waals surface area contributed by atoms with Gasteiger partial charge in [-0.2, -0.15) is 28.1 Å². The van der Waals surface area contributed by atoms with Crippen LogP contribution in [0.3, 0.4) is 0 Å². The molecular formula is C33H33Cl3F3N7O6. The molecule has 1 heterocycles. The Morgan fingerprint density at radius 1 is 0.981 bits per heavy atom. The molecule has 52 heavy (non-hydrogen) atoms. The molecule has 0 spiro atoms. The average Bonchev–Trinajstić information content (AvgIpc) is 4.01. The first-order valence-electron chi connectivity index (χ1n) is 16.0. The summed E-state index contributed by atoms with van der Waals surface area (Å²) in [5.74, 6) is -3.11. The lowest BCUT2D eigenvalue weighted by atomic mass is 10.1. The molecule has 4 N–H and O–H groups in total. The monoisotopic (exact) mass is 785 g/mol. The number of carbonyl (C=O) groups excluding carboxylic acids is 4. The molecule has 2 amide bonds. The molecule has 5 rings (SSSR count). The lowest BCUT2D eigenvalue weighted by molar-refractivity contribution is -0.154. The molecule has 0 radical (unpaired) electrons. The van der Waals surface area contributed by atoms with E-state index in [2.05, 4.69) is 36.2 Å². The van der Waals surface area contributed by atoms with Crippen LogP contribution in [0.15, 0.2) is 48.5 Å². The highest BCUT2D eigenvalue weighted by Gasteiger charge is 2.51. The van der Waals surface area contributed by atoms with Crippen LogP contribution < -0.4 is 26.0 Å². The second-order valence-electron chi connectivity index (χ2n) is 12.3. The van der Waals surface area contributed by atoms with Crippen molar-refractivity contribution in [3.63, 3.8) is 0 Å². The number of halogens is 6. The number of benzene rings is 2. The minimum atomic E-state index is -4.63. The van der Waals surface area contributed by atoms with Gasteiger partial charge in [0.2, 0.25) is 17.7 Å². The number of aromatic nitrogens is 3. The zero-order chi connectivity index (χ0) is 37.7. The Labute approximate surface area is 310 Å². The molecule has 0 saturated heterocycles. The van der Waals surface area contributed by atoms with Crippen LogP contribution in [0.25, 0.3) is 0 Å². The highest BCUT2D eigenvalue weighted by Crippen LogP contribution is 2.55. The second kappa shape index (κ2) is 16.1. The second-order valence-corrected chi connectivity index (χ2v) is 14.3. The van der Waals surface area contributed by atoms with Crippen LogP contribution in [0, 0.1) is 5.92 Å². The standard InChI is InChI=1S/C33H33Cl3F3N7O6/c1-51-27(50)23(12-15-40-26(49)24(47)11-6-20-16-32(20,35)36)42-25(48)18-2-9-22(10-3-18)41-28-43-29(45-30(44-28)52-17-33(37,38)39)46-31(13-14-31)19-4-7-21(34)8-5-19/h2-5,7-10,20,23H,6,11-17H2,1H3,(H,40,49)(H,42,48)(H2,41,43,44,45,46)/t20?,23-/m0/s1. The van der Waals surface area contributed by atoms with Crippen molar-refractivity contribution in [2.75, 3.05) is 30.9 Å². The van der Waals surface area contributed by atoms with E-state index in [-0.39, 0.29) is 42.8 Å². The summed E-state index contributed by atoms with van der Waals surface area (Å²) in [6, 6.07) is 11.2. The molecular weight excluding hydrogens is 754 g/mol. The average molecular weight is 787 g/mol. The van der Waals surface area contributed by atoms with Crippen molar-refractivity contribution < 1.29 is 41.8 Å². The zero-order valence-corrected chi connectivity index (χ0v) is 29.8. The molecule has 2 aliphatic rings. The number of ketones is 1. The van der Waals surface area contributed by atoms with Crippen LogP contribution in [0.1, 0.15) is 54.4 Å². The van der Waals surface area contributed by atoms with Gasteiger partial charge in [-0.3, -0.25) is 14.4 Å². The van der Waals surface area contributed by atoms with E-state index in [1.165, 1.54) is 24.3 Å². The zero-order valence-electron chi connectivity index (χ0n) is 27.5. The van der Waals surface area contributed by atoms with Crippen molar-refractivity contribution in [3.05, 3.63) is 64.7 Å². The Balaban J connectivity index is 1.19. The van der Waals surface area contributed by atoms with Crippen molar-refractivity contribution >= 4 is 76.0 Å². The summed E-state index contributed by atoms with van der Waals surface area (Å²) < 4.78 is 47.5. The lowest BCUT2D eigenvalue weighted by Gasteiger charge is -2.19. The number of rotatable bonds is 17. The normalized spacial score (nSPS) is 17.2. The van der Waals surface area contributed by atoms with Crippen LogP contribution in [0.5, 0.6) is 6.01 Å². The predicted molar refractivity (Wildman–Crippen MR) is 185 cm³/mol. The fourth-order valence-corrected chi connectivity index (χ4v) is 5.89. The Bertz CT molecular complexity index is 1800. The van der Waals surface area contributed by atoms with Gasteiger partial charge < -0.3 is 30.7 Å². The summed E-state index contributed by atoms with van der Waals surface area (Å²) in [5.41, 5.74) is 0.835. The molecule has 13 nitrogen and oxygen atoms in total. The van der Waals surface area contributed by atoms with Gasteiger partial charge in [-0.05, 0) is 80.0 Å². The van der Waals surface area contributed by atoms with Gasteiger partial charge in [0, 0.05) is 29.2 Å². The van der Waals surface area contributed by atoms with Gasteiger partial charge in [-0.25, -0.2) is 4.79 Å². The minimum absolute atomic E-state index is 0.0247. The molecule has 19 heteroatoms. The number of nitrogens with one attached hydrogen (secondary N) is 4. The molecule has 1 unspecified atom stereocenters. The number of anilines is 3. The maximum atomic E-state index is 13.0. The van der Waals surface area contributed by atoms with Gasteiger partial charge >= 0.3 is 18.2 Å². The van der Waals surface area contributed by atoms with Gasteiger partial charge in [-0.15, -0.1) is 23.2 Å². The molecule has 2 saturated carbocycles. The Morgan fingerprint density at radius 3 is 2.23 bits per heavy atom. The first-order chi connectivity index (χ1) is 24.6. The number of esters is 1. The van der Waals surface area contributed by atoms with Crippen molar-refractivity contribution in [2.24, 2.45) is 5.92 Å². The van der Waals surface area contributed by atoms with Crippen LogP contribution in [-0.2, 0) is 24.7 Å². The fourth-order valence-electron chi connectivity index (χ4n) is 5.17. The summed E-state index contributed by atoms with van der Waals surface area (Å²) in [6.45, 7) is -1.73. The van der Waals surface area contributed by atoms with Crippen LogP contribution in [0.2, 0.25) is 5.02 Å². The topological polar surface area (TPSA) is 174 Å². The van der Waals surface area contributed by atoms with E-state index < -0.39 is 58.3 Å². The van der Waals surface area contributed by atoms with Gasteiger partial charge in [0.1, 0.15) is 10.4 Å². The summed E-state index contributed by atoms with van der Waals surface area (Å²) in [6.07, 6.45) is -2.37. The van der Waals surface area contributed by atoms with Gasteiger partial charge in [0.25, 0.3) is 11.8 Å². The number of nitrogens with zero attached hydrogens (tertiary/aromatic N) is 3. The molecule has 1 aromatic heterocycles. The van der Waals surface area contributed by atoms with Gasteiger partial charge in [0.05, 0.1) is 12.6 Å². The molecule has 278 valence electrons. The van der Waals surface area contributed by atoms with E-state index in [0.29, 0.717) is 36.4 Å². The largest absolute Gasteiger partial charge is 0.467 e. The minimum Gasteiger partial charge on any atom is -0.467 e. The first kappa shape index (κ1) is 38.8. The van der Waals surface area contributed by atoms with Gasteiger partial charge in [0.15, 0.2) is 6.61 Å². The van der Waals surface area contributed by atoms with Crippen molar-refractivity contribution in [1.82, 2.24) is 25.6 Å². The summed E-state index contributed by atoms with van der Waals surface area (Å²) in [5, 5.41) is 11.6. The summed E-state index contributed by atoms with van der Waals surface area (Å²) >= 11 is 17.9. The number of alkyl halides is 5. The molecule has 0 bridgehead atoms. The third kappa shape index (κ3) is 10.8. The first-order valence-corrected chi connectivity index (χ1v) is 17.1. The van der Waals surface area contributed by atoms with E-state index in [1.54, 1.807) is 12.1 Å². The van der Waals surface area contributed by atoms with Gasteiger partial charge in [-0.1, -0.05) is 23.7 Å². The van der Waals surface area contributed by atoms with Crippen LogP contribution >= 0.6 is 34.8 Å². The van der Waals surface area contributed by atoms with E-state index in [1.807, 2.05) is 12.1 Å². The van der Waals surface area contributed by atoms with Crippen molar-refractivity contribution in [2.45, 2.75) is 60.6 Å². The number of amides is 2. The highest BCUT2D eigenvalue weighted by molar-refractivity contribution is 6.50. The van der Waals surface area contributed by atoms with E-state index in [9.17, 15) is 32.3 Å². The Kier molecular flexibility index (Phi) is 12.0. The number of hydrogen-bond donors (Lipinski definition) is 4. The maximum Gasteiger partial charge on any atom is 0.422 e. The third-order valence-corrected chi connectivity index (χ3v) is 9.50. The van der Waals surface area contributed by atoms with Crippen molar-refractivity contribution in [3.8, 4) is 6.01 Å². The van der Waals surface area contributed by atoms with Crippen LogP contribution in [0.4, 0.5) is 30.8 Å². The van der Waals surface area contributed by atoms with Crippen LogP contribution in [-0.4, -0.2) is 75.3 Å². The summed E-state index contributed by atoms with van der Waals surface area (Å²) in [7, 11) is 1.14. The quantitative estimate of drug-likeness (QED) is 0.0759. The molecule has 0 aliphatic heterocycles. The molecule has 3 aromatic rings. The Hall–Kier alpha value is -4.41. The Morgan fingerprint density at radius 2 is 1.63 bits per heavy atom. The molecule has 2 atom stereocenters. The summed E-state index contributed by atoms with van der Waals surface area (Å²) in [4.78, 5) is 62.1. The smallest absolute Gasteiger partial charge is 0.422 e. The van der Waals surface area contributed by atoms with E-state index in [4.69, 9.17) is 44.3 Å². The lowest BCUT2D eigenvalue weighted by Crippen LogP contribution is -2.44. The highest BCUT2D eigenvalue weighted by atomic mass is 35.5. The number of carbonyl (C=O) groups is 4. The number of ether oxygens (including phenoxy) is 2. The van der Waals surface area contributed by atoms with E-state index >= 15 is 0 Å². The number of Topliss-reactive ketones (excluding diaryl/α,β-unsaturated/α-hetero) is 1. The maximum absolute atomic E-state index is 13.0. The van der Waals surface area contributed by atoms with Crippen molar-refractivity contribution in [1.29, 1.82) is 0 Å². The molecule has 2 aromatic carbocycles. The SMILES string of the molecule is COC(=O)[C@H](CCNC(=O)C(=O)CCC1CC1(Cl)Cl)NC(=O)c1ccc(Nc2nc(NC3(c4ccc(Cl)cc4)CC3)nc(OCC(F)(F)F)n2)cc1. The fraction of sp³-hybridized carbons (Fsp3) is 0.424. The third-order valence-electron chi connectivity index (χ3n) is 8.32. The number of methoxy groups -OCH3 is 1. The number of hydrogen-bond acceptors (Lipinski definition) is 11. The predicted octanol–water partition coefficient (Wildman–Crippen LogP) is 5.63.